The fourth-order valence-corrected chi connectivity index (χ4v) is 4.01. The predicted molar refractivity (Wildman–Crippen MR) is 67.6 cm³/mol. The van der Waals surface area contributed by atoms with Crippen molar-refractivity contribution >= 4 is 21.9 Å². The molecule has 0 aliphatic carbocycles. The molecule has 1 fully saturated rings. The Morgan fingerprint density at radius 1 is 1.32 bits per heavy atom. The number of carboxylic acids is 1. The van der Waals surface area contributed by atoms with Gasteiger partial charge in [-0.2, -0.15) is 0 Å². The summed E-state index contributed by atoms with van der Waals surface area (Å²) in [5.41, 5.74) is -0.691. The third-order valence-corrected chi connectivity index (χ3v) is 4.41. The van der Waals surface area contributed by atoms with Crippen LogP contribution >= 0.6 is 0 Å². The van der Waals surface area contributed by atoms with E-state index in [0.717, 1.165) is 0 Å². The van der Waals surface area contributed by atoms with Crippen LogP contribution in [0.25, 0.3) is 0 Å². The minimum Gasteiger partial charge on any atom is -0.481 e. The Hall–Kier alpha value is -1.31. The summed E-state index contributed by atoms with van der Waals surface area (Å²) in [4.78, 5) is 22.3. The summed E-state index contributed by atoms with van der Waals surface area (Å²) in [6.07, 6.45) is -1.02. The number of hydrogen-bond acceptors (Lipinski definition) is 5. The number of rotatable bonds is 3. The molecule has 0 bridgehead atoms. The number of carboxylic acid groups (broad SMARTS) is 1. The molecular weight excluding hydrogens is 274 g/mol. The van der Waals surface area contributed by atoms with Gasteiger partial charge < -0.3 is 15.2 Å². The SMILES string of the molecule is CC(C)(C)OC(=O)NC1CS(=O)(=O)CC1CC(=O)O. The van der Waals surface area contributed by atoms with Crippen molar-refractivity contribution in [2.45, 2.75) is 38.8 Å². The van der Waals surface area contributed by atoms with Crippen LogP contribution in [0.1, 0.15) is 27.2 Å². The summed E-state index contributed by atoms with van der Waals surface area (Å²) in [5, 5.41) is 11.2. The van der Waals surface area contributed by atoms with E-state index in [9.17, 15) is 18.0 Å². The molecule has 0 spiro atoms. The third-order valence-electron chi connectivity index (χ3n) is 2.61. The van der Waals surface area contributed by atoms with Gasteiger partial charge in [-0.3, -0.25) is 4.79 Å². The maximum atomic E-state index is 11.6. The molecule has 7 nitrogen and oxygen atoms in total. The zero-order chi connectivity index (χ0) is 14.8. The van der Waals surface area contributed by atoms with Gasteiger partial charge in [0.05, 0.1) is 24.0 Å². The summed E-state index contributed by atoms with van der Waals surface area (Å²) in [5.74, 6) is -2.17. The van der Waals surface area contributed by atoms with Gasteiger partial charge in [-0.1, -0.05) is 0 Å². The summed E-state index contributed by atoms with van der Waals surface area (Å²) in [6.45, 7) is 5.06. The number of carbonyl (C=O) groups is 2. The highest BCUT2D eigenvalue weighted by Crippen LogP contribution is 2.23. The van der Waals surface area contributed by atoms with E-state index in [2.05, 4.69) is 5.32 Å². The average Bonchev–Trinajstić information content (AvgIpc) is 2.35. The molecule has 1 heterocycles. The molecule has 0 aromatic carbocycles. The first-order chi connectivity index (χ1) is 8.48. The van der Waals surface area contributed by atoms with Gasteiger partial charge in [-0.05, 0) is 20.8 Å². The Bertz CT molecular complexity index is 464. The Morgan fingerprint density at radius 2 is 1.89 bits per heavy atom. The second kappa shape index (κ2) is 5.36. The van der Waals surface area contributed by atoms with Crippen LogP contribution in [0.5, 0.6) is 0 Å². The average molecular weight is 293 g/mol. The molecular formula is C11H19NO6S. The Labute approximate surface area is 112 Å². The van der Waals surface area contributed by atoms with E-state index >= 15 is 0 Å². The number of ether oxygens (including phenoxy) is 1. The summed E-state index contributed by atoms with van der Waals surface area (Å²) in [6, 6.07) is -0.712. The van der Waals surface area contributed by atoms with Crippen LogP contribution in [0, 0.1) is 5.92 Å². The van der Waals surface area contributed by atoms with E-state index in [1.54, 1.807) is 20.8 Å². The fraction of sp³-hybridized carbons (Fsp3) is 0.818. The van der Waals surface area contributed by atoms with E-state index in [4.69, 9.17) is 9.84 Å². The number of nitrogens with one attached hydrogen (secondary N) is 1. The lowest BCUT2D eigenvalue weighted by molar-refractivity contribution is -0.138. The van der Waals surface area contributed by atoms with Gasteiger partial charge in [-0.25, -0.2) is 13.2 Å². The molecule has 1 saturated heterocycles. The van der Waals surface area contributed by atoms with Crippen molar-refractivity contribution in [2.75, 3.05) is 11.5 Å². The quantitative estimate of drug-likeness (QED) is 0.779. The number of alkyl carbamates (subject to hydrolysis) is 1. The van der Waals surface area contributed by atoms with Crippen molar-refractivity contribution in [3.63, 3.8) is 0 Å². The summed E-state index contributed by atoms with van der Waals surface area (Å²) in [7, 11) is -3.31. The van der Waals surface area contributed by atoms with E-state index in [0.29, 0.717) is 0 Å². The Kier molecular flexibility index (Phi) is 4.44. The number of carbonyl (C=O) groups excluding carboxylic acids is 1. The van der Waals surface area contributed by atoms with E-state index in [1.165, 1.54) is 0 Å². The minimum atomic E-state index is -3.31. The Balaban J connectivity index is 2.69. The molecule has 8 heteroatoms. The van der Waals surface area contributed by atoms with Crippen LogP contribution in [0.4, 0.5) is 4.79 Å². The molecule has 1 rings (SSSR count). The molecule has 2 unspecified atom stereocenters. The minimum absolute atomic E-state index is 0.222. The maximum absolute atomic E-state index is 11.6. The predicted octanol–water partition coefficient (Wildman–Crippen LogP) is 0.399. The molecule has 2 atom stereocenters. The standard InChI is InChI=1S/C11H19NO6S/c1-11(2,3)18-10(15)12-8-6-19(16,17)5-7(8)4-9(13)14/h7-8H,4-6H2,1-3H3,(H,12,15)(H,13,14). The first-order valence-corrected chi connectivity index (χ1v) is 7.72. The molecule has 1 amide bonds. The number of hydrogen-bond donors (Lipinski definition) is 2. The van der Waals surface area contributed by atoms with Gasteiger partial charge in [0, 0.05) is 5.92 Å². The number of aliphatic carboxylic acids is 1. The van der Waals surface area contributed by atoms with Crippen molar-refractivity contribution < 1.29 is 27.9 Å². The van der Waals surface area contributed by atoms with E-state index < -0.39 is 39.5 Å². The van der Waals surface area contributed by atoms with Crippen molar-refractivity contribution in [2.24, 2.45) is 5.92 Å². The molecule has 1 aliphatic rings. The number of sulfone groups is 1. The third kappa shape index (κ3) is 5.46. The normalized spacial score (nSPS) is 25.8. The van der Waals surface area contributed by atoms with Crippen molar-refractivity contribution in [3.05, 3.63) is 0 Å². The monoisotopic (exact) mass is 293 g/mol. The van der Waals surface area contributed by atoms with Crippen LogP contribution in [-0.4, -0.2) is 48.7 Å². The second-order valence-electron chi connectivity index (χ2n) is 5.69. The second-order valence-corrected chi connectivity index (χ2v) is 7.84. The van der Waals surface area contributed by atoms with E-state index in [-0.39, 0.29) is 17.9 Å². The van der Waals surface area contributed by atoms with E-state index in [1.807, 2.05) is 0 Å². The molecule has 1 aliphatic heterocycles. The smallest absolute Gasteiger partial charge is 0.407 e. The first-order valence-electron chi connectivity index (χ1n) is 5.90. The molecule has 2 N–H and O–H groups in total. The van der Waals surface area contributed by atoms with Gasteiger partial charge in [0.1, 0.15) is 5.60 Å². The highest BCUT2D eigenvalue weighted by atomic mass is 32.2. The molecule has 0 aromatic rings. The van der Waals surface area contributed by atoms with Gasteiger partial charge in [0.25, 0.3) is 0 Å². The van der Waals surface area contributed by atoms with Gasteiger partial charge in [0.2, 0.25) is 0 Å². The van der Waals surface area contributed by atoms with Crippen LogP contribution in [0.3, 0.4) is 0 Å². The highest BCUT2D eigenvalue weighted by Gasteiger charge is 2.40. The zero-order valence-corrected chi connectivity index (χ0v) is 12.0. The zero-order valence-electron chi connectivity index (χ0n) is 11.2. The lowest BCUT2D eigenvalue weighted by atomic mass is 10.0. The van der Waals surface area contributed by atoms with Crippen LogP contribution < -0.4 is 5.32 Å². The van der Waals surface area contributed by atoms with Crippen molar-refractivity contribution in [1.29, 1.82) is 0 Å². The first kappa shape index (κ1) is 15.7. The van der Waals surface area contributed by atoms with Gasteiger partial charge >= 0.3 is 12.1 Å². The maximum Gasteiger partial charge on any atom is 0.407 e. The molecule has 19 heavy (non-hydrogen) atoms. The highest BCUT2D eigenvalue weighted by molar-refractivity contribution is 7.91. The lowest BCUT2D eigenvalue weighted by Crippen LogP contribution is -2.43. The van der Waals surface area contributed by atoms with Crippen LogP contribution in [0.15, 0.2) is 0 Å². The lowest BCUT2D eigenvalue weighted by Gasteiger charge is -2.23. The molecule has 110 valence electrons. The Morgan fingerprint density at radius 3 is 2.37 bits per heavy atom. The topological polar surface area (TPSA) is 110 Å². The van der Waals surface area contributed by atoms with Gasteiger partial charge in [0.15, 0.2) is 9.84 Å². The van der Waals surface area contributed by atoms with Gasteiger partial charge in [-0.15, -0.1) is 0 Å². The van der Waals surface area contributed by atoms with Crippen LogP contribution in [-0.2, 0) is 19.4 Å². The number of amides is 1. The fourth-order valence-electron chi connectivity index (χ4n) is 1.96. The molecule has 0 radical (unpaired) electrons. The summed E-state index contributed by atoms with van der Waals surface area (Å²) >= 11 is 0. The largest absolute Gasteiger partial charge is 0.481 e. The van der Waals surface area contributed by atoms with Crippen molar-refractivity contribution in [3.8, 4) is 0 Å². The van der Waals surface area contributed by atoms with Crippen LogP contribution in [0.2, 0.25) is 0 Å². The molecule has 0 saturated carbocycles. The summed E-state index contributed by atoms with van der Waals surface area (Å²) < 4.78 is 28.1. The molecule has 0 aromatic heterocycles. The van der Waals surface area contributed by atoms with Crippen molar-refractivity contribution in [1.82, 2.24) is 5.32 Å².